The van der Waals surface area contributed by atoms with Crippen LogP contribution < -0.4 is 0 Å². The lowest BCUT2D eigenvalue weighted by molar-refractivity contribution is -0.264. The Morgan fingerprint density at radius 3 is 2.15 bits per heavy atom. The van der Waals surface area contributed by atoms with Gasteiger partial charge in [0.2, 0.25) is 0 Å². The third-order valence-electron chi connectivity index (χ3n) is 9.27. The first-order valence-electron chi connectivity index (χ1n) is 15.3. The van der Waals surface area contributed by atoms with Gasteiger partial charge < -0.3 is 44.8 Å². The number of aliphatic carboxylic acids is 1. The summed E-state index contributed by atoms with van der Waals surface area (Å²) in [5, 5.41) is 53.4. The first-order chi connectivity index (χ1) is 18.7. The molecule has 0 radical (unpaired) electrons. The molecule has 7 unspecified atom stereocenters. The summed E-state index contributed by atoms with van der Waals surface area (Å²) in [5.74, 6) is -2.57. The van der Waals surface area contributed by atoms with Crippen LogP contribution in [0.15, 0.2) is 0 Å². The summed E-state index contributed by atoms with van der Waals surface area (Å²) < 4.78 is 12.2. The van der Waals surface area contributed by atoms with E-state index in [1.807, 2.05) is 58.6 Å². The molecule has 1 fully saturated rings. The second-order valence-electron chi connectivity index (χ2n) is 14.2. The number of rotatable bonds is 17. The van der Waals surface area contributed by atoms with Crippen molar-refractivity contribution in [2.45, 2.75) is 142 Å². The predicted molar refractivity (Wildman–Crippen MR) is 160 cm³/mol. The number of aliphatic hydroxyl groups excluding tert-OH is 3. The number of ether oxygens (including phenoxy) is 2. The molecule has 12 atom stereocenters. The molecule has 0 spiro atoms. The highest BCUT2D eigenvalue weighted by Gasteiger charge is 2.43. The number of carboxylic acids is 1. The molecule has 0 bridgehead atoms. The van der Waals surface area contributed by atoms with E-state index in [-0.39, 0.29) is 23.4 Å². The van der Waals surface area contributed by atoms with E-state index in [2.05, 4.69) is 13.8 Å². The molecule has 10 heteroatoms. The van der Waals surface area contributed by atoms with E-state index in [4.69, 9.17) is 9.47 Å². The van der Waals surface area contributed by atoms with Gasteiger partial charge in [0.15, 0.2) is 6.29 Å². The fourth-order valence-electron chi connectivity index (χ4n) is 6.65. The number of carbonyl (C=O) groups is 1. The Labute approximate surface area is 249 Å². The van der Waals surface area contributed by atoms with Gasteiger partial charge in [0, 0.05) is 31.0 Å². The van der Waals surface area contributed by atoms with Gasteiger partial charge in [-0.3, -0.25) is 4.79 Å². The Morgan fingerprint density at radius 2 is 1.66 bits per heavy atom. The summed E-state index contributed by atoms with van der Waals surface area (Å²) in [7, 11) is 5.69. The van der Waals surface area contributed by atoms with E-state index in [9.17, 15) is 30.3 Å². The highest BCUT2D eigenvalue weighted by atomic mass is 16.7. The minimum Gasteiger partial charge on any atom is -0.481 e. The Hall–Kier alpha value is -0.850. The van der Waals surface area contributed by atoms with Gasteiger partial charge >= 0.3 is 5.97 Å². The van der Waals surface area contributed by atoms with Crippen LogP contribution in [0, 0.1) is 23.2 Å². The van der Waals surface area contributed by atoms with Crippen molar-refractivity contribution in [2.75, 3.05) is 27.7 Å². The zero-order valence-electron chi connectivity index (χ0n) is 27.7. The average molecular weight is 591 g/mol. The molecule has 1 rings (SSSR count). The summed E-state index contributed by atoms with van der Waals surface area (Å²) in [4.78, 5) is 16.0. The topological polar surface area (TPSA) is 143 Å². The van der Waals surface area contributed by atoms with Crippen molar-refractivity contribution in [1.29, 1.82) is 0 Å². The molecule has 0 aromatic carbocycles. The van der Waals surface area contributed by atoms with Gasteiger partial charge in [0.25, 0.3) is 0 Å². The summed E-state index contributed by atoms with van der Waals surface area (Å²) in [6.07, 6.45) is -2.11. The van der Waals surface area contributed by atoms with Gasteiger partial charge in [-0.05, 0) is 73.0 Å². The molecule has 10 nitrogen and oxygen atoms in total. The smallest absolute Gasteiger partial charge is 0.308 e. The predicted octanol–water partition coefficient (Wildman–Crippen LogP) is 2.80. The van der Waals surface area contributed by atoms with Gasteiger partial charge in [-0.1, -0.05) is 41.0 Å². The largest absolute Gasteiger partial charge is 0.481 e. The van der Waals surface area contributed by atoms with E-state index in [1.165, 1.54) is 0 Å². The molecular formula is C31H62N2O8. The van der Waals surface area contributed by atoms with Crippen molar-refractivity contribution < 1.29 is 39.8 Å². The van der Waals surface area contributed by atoms with Crippen LogP contribution in [-0.4, -0.2) is 123 Å². The lowest BCUT2D eigenvalue weighted by Gasteiger charge is -2.44. The molecule has 41 heavy (non-hydrogen) atoms. The van der Waals surface area contributed by atoms with E-state index in [1.54, 1.807) is 20.8 Å². The molecule has 244 valence electrons. The molecule has 1 heterocycles. The van der Waals surface area contributed by atoms with Gasteiger partial charge in [-0.25, -0.2) is 0 Å². The third-order valence-corrected chi connectivity index (χ3v) is 9.27. The van der Waals surface area contributed by atoms with Crippen LogP contribution in [0.3, 0.4) is 0 Å². The van der Waals surface area contributed by atoms with Crippen LogP contribution in [0.25, 0.3) is 0 Å². The van der Waals surface area contributed by atoms with Gasteiger partial charge in [-0.15, -0.1) is 0 Å². The fraction of sp³-hybridized carbons (Fsp3) is 0.968. The SMILES string of the molecule is CCCC(C)(O)[C@H](O)[C@@H](C)N(C)CC(C)(C)C[C@H](C)C(O)[C@@H](C)C(OC1CC(N(C)C)C(O)C(C)O1)[C@@H](C)C(=O)O. The maximum Gasteiger partial charge on any atom is 0.308 e. The number of aliphatic hydroxyl groups is 4. The quantitative estimate of drug-likeness (QED) is 0.172. The summed E-state index contributed by atoms with van der Waals surface area (Å²) in [6, 6.07) is -0.473. The van der Waals surface area contributed by atoms with Crippen molar-refractivity contribution in [3.8, 4) is 0 Å². The van der Waals surface area contributed by atoms with Gasteiger partial charge in [0.05, 0.1) is 42.0 Å². The second kappa shape index (κ2) is 15.7. The molecule has 0 aliphatic carbocycles. The van der Waals surface area contributed by atoms with Gasteiger partial charge in [-0.2, -0.15) is 0 Å². The summed E-state index contributed by atoms with van der Waals surface area (Å²) in [5.41, 5.74) is -1.42. The zero-order valence-corrected chi connectivity index (χ0v) is 27.7. The van der Waals surface area contributed by atoms with Crippen LogP contribution in [0.4, 0.5) is 0 Å². The number of hydrogen-bond acceptors (Lipinski definition) is 9. The van der Waals surface area contributed by atoms with Crippen LogP contribution in [0.5, 0.6) is 0 Å². The van der Waals surface area contributed by atoms with Crippen molar-refractivity contribution in [2.24, 2.45) is 23.2 Å². The lowest BCUT2D eigenvalue weighted by atomic mass is 9.76. The number of nitrogens with zero attached hydrogens (tertiary/aromatic N) is 2. The third kappa shape index (κ3) is 10.7. The fourth-order valence-corrected chi connectivity index (χ4v) is 6.65. The van der Waals surface area contributed by atoms with E-state index in [0.717, 1.165) is 6.42 Å². The van der Waals surface area contributed by atoms with E-state index >= 15 is 0 Å². The first-order valence-corrected chi connectivity index (χ1v) is 15.3. The van der Waals surface area contributed by atoms with E-state index in [0.29, 0.717) is 25.8 Å². The molecular weight excluding hydrogens is 528 g/mol. The normalized spacial score (nSPS) is 28.9. The summed E-state index contributed by atoms with van der Waals surface area (Å²) in [6.45, 7) is 17.6. The first kappa shape index (κ1) is 38.2. The maximum atomic E-state index is 12.1. The maximum absolute atomic E-state index is 12.1. The van der Waals surface area contributed by atoms with Crippen molar-refractivity contribution in [3.63, 3.8) is 0 Å². The van der Waals surface area contributed by atoms with Crippen LogP contribution in [0.1, 0.15) is 88.0 Å². The molecule has 1 saturated heterocycles. The molecule has 5 N–H and O–H groups in total. The Morgan fingerprint density at radius 1 is 1.10 bits per heavy atom. The Bertz CT molecular complexity index is 794. The molecule has 1 aliphatic heterocycles. The molecule has 0 amide bonds. The number of hydrogen-bond donors (Lipinski definition) is 5. The van der Waals surface area contributed by atoms with Crippen molar-refractivity contribution >= 4 is 5.97 Å². The molecule has 0 saturated carbocycles. The Kier molecular flexibility index (Phi) is 14.7. The van der Waals surface area contributed by atoms with Crippen molar-refractivity contribution in [1.82, 2.24) is 9.80 Å². The van der Waals surface area contributed by atoms with Crippen LogP contribution in [-0.2, 0) is 14.3 Å². The molecule has 0 aromatic rings. The average Bonchev–Trinajstić information content (AvgIpc) is 2.85. The Balaban J connectivity index is 2.98. The summed E-state index contributed by atoms with van der Waals surface area (Å²) >= 11 is 0. The van der Waals surface area contributed by atoms with Crippen LogP contribution in [0.2, 0.25) is 0 Å². The molecule has 1 aliphatic rings. The standard InChI is InChI=1S/C31H62N2O8/c1-13-14-31(9,39)28(36)21(5)33(12)17-30(7,8)16-18(2)25(34)19(3)27(20(4)29(37)38)41-24-15-23(32(10)11)26(35)22(6)40-24/h18-28,34-36,39H,13-17H2,1-12H3,(H,37,38)/t18-,19+,20+,21+,22?,23?,24?,25?,26?,27?,28+,31?/m0/s1. The minimum atomic E-state index is -1.17. The monoisotopic (exact) mass is 590 g/mol. The second-order valence-corrected chi connectivity index (χ2v) is 14.2. The number of likely N-dealkylation sites (N-methyl/N-ethyl adjacent to an activating group) is 2. The van der Waals surface area contributed by atoms with E-state index < -0.39 is 60.2 Å². The van der Waals surface area contributed by atoms with Gasteiger partial charge in [0.1, 0.15) is 0 Å². The highest BCUT2D eigenvalue weighted by molar-refractivity contribution is 5.70. The zero-order chi connectivity index (χ0) is 32.0. The molecule has 0 aromatic heterocycles. The lowest BCUT2D eigenvalue weighted by Crippen LogP contribution is -2.55. The highest BCUT2D eigenvalue weighted by Crippen LogP contribution is 2.35. The number of carboxylic acid groups (broad SMARTS) is 1. The van der Waals surface area contributed by atoms with Crippen molar-refractivity contribution in [3.05, 3.63) is 0 Å². The minimum absolute atomic E-state index is 0.175. The van der Waals surface area contributed by atoms with Crippen LogP contribution >= 0.6 is 0 Å².